The third-order valence-corrected chi connectivity index (χ3v) is 2.24. The lowest BCUT2D eigenvalue weighted by Crippen LogP contribution is -2.15. The molecule has 0 unspecified atom stereocenters. The van der Waals surface area contributed by atoms with Crippen molar-refractivity contribution in [3.05, 3.63) is 29.1 Å². The zero-order valence-corrected chi connectivity index (χ0v) is 8.84. The van der Waals surface area contributed by atoms with Crippen LogP contribution in [-0.2, 0) is 6.42 Å². The number of hydrogen-bond donors (Lipinski definition) is 1. The second-order valence-electron chi connectivity index (χ2n) is 3.12. The molecule has 1 rings (SSSR count). The van der Waals surface area contributed by atoms with Gasteiger partial charge < -0.3 is 10.5 Å². The lowest BCUT2D eigenvalue weighted by molar-refractivity contribution is 0.0998. The average molecular weight is 211 g/mol. The summed E-state index contributed by atoms with van der Waals surface area (Å²) in [6.45, 7) is 1.72. The summed E-state index contributed by atoms with van der Waals surface area (Å²) in [5.41, 5.74) is 6.10. The number of nitrogens with two attached hydrogens (primary N) is 1. The predicted octanol–water partition coefficient (Wildman–Crippen LogP) is 1.54. The highest BCUT2D eigenvalue weighted by molar-refractivity contribution is 6.00. The smallest absolute Gasteiger partial charge is 0.180 e. The highest BCUT2D eigenvalue weighted by Gasteiger charge is 2.14. The summed E-state index contributed by atoms with van der Waals surface area (Å²) in [7, 11) is 1.40. The van der Waals surface area contributed by atoms with E-state index in [0.29, 0.717) is 17.5 Å². The molecule has 0 atom stereocenters. The van der Waals surface area contributed by atoms with Gasteiger partial charge in [0.15, 0.2) is 5.78 Å². The fourth-order valence-electron chi connectivity index (χ4n) is 1.37. The van der Waals surface area contributed by atoms with Crippen molar-refractivity contribution >= 4 is 5.78 Å². The summed E-state index contributed by atoms with van der Waals surface area (Å²) in [6.07, 6.45) is 0.528. The zero-order valence-electron chi connectivity index (χ0n) is 8.84. The van der Waals surface area contributed by atoms with Crippen LogP contribution in [0, 0.1) is 5.82 Å². The number of carbonyl (C=O) groups is 1. The number of ether oxygens (including phenoxy) is 1. The van der Waals surface area contributed by atoms with E-state index in [-0.39, 0.29) is 23.9 Å². The Kier molecular flexibility index (Phi) is 3.80. The van der Waals surface area contributed by atoms with Crippen LogP contribution in [0.1, 0.15) is 22.8 Å². The molecule has 0 bridgehead atoms. The summed E-state index contributed by atoms with van der Waals surface area (Å²) in [5, 5.41) is 0. The van der Waals surface area contributed by atoms with Crippen molar-refractivity contribution in [1.29, 1.82) is 0 Å². The largest absolute Gasteiger partial charge is 0.496 e. The van der Waals surface area contributed by atoms with Crippen molar-refractivity contribution < 1.29 is 13.9 Å². The molecule has 2 N–H and O–H groups in total. The van der Waals surface area contributed by atoms with E-state index in [0.717, 1.165) is 0 Å². The molecule has 0 saturated heterocycles. The highest BCUT2D eigenvalue weighted by atomic mass is 19.1. The molecule has 1 aromatic carbocycles. The van der Waals surface area contributed by atoms with Gasteiger partial charge in [-0.05, 0) is 18.1 Å². The first kappa shape index (κ1) is 11.7. The third kappa shape index (κ3) is 2.33. The van der Waals surface area contributed by atoms with E-state index in [1.54, 1.807) is 0 Å². The summed E-state index contributed by atoms with van der Waals surface area (Å²) in [5.74, 6) is -0.371. The van der Waals surface area contributed by atoms with Crippen LogP contribution in [0.4, 0.5) is 4.39 Å². The van der Waals surface area contributed by atoms with Gasteiger partial charge in [-0.15, -0.1) is 0 Å². The molecule has 15 heavy (non-hydrogen) atoms. The number of methoxy groups -OCH3 is 1. The minimum atomic E-state index is -0.358. The molecule has 0 aliphatic heterocycles. The topological polar surface area (TPSA) is 52.3 Å². The normalized spacial score (nSPS) is 10.1. The molecular weight excluding hydrogens is 197 g/mol. The number of Topliss-reactive ketones (excluding diaryl/α,β-unsaturated/α-hetero) is 1. The summed E-state index contributed by atoms with van der Waals surface area (Å²) < 4.78 is 18.3. The number of hydrogen-bond acceptors (Lipinski definition) is 3. The van der Waals surface area contributed by atoms with Crippen LogP contribution in [0.2, 0.25) is 0 Å². The monoisotopic (exact) mass is 211 g/mol. The number of rotatable bonds is 4. The molecule has 3 nitrogen and oxygen atoms in total. The average Bonchev–Trinajstić information content (AvgIpc) is 2.27. The van der Waals surface area contributed by atoms with Crippen molar-refractivity contribution in [3.63, 3.8) is 0 Å². The Hall–Kier alpha value is -1.42. The van der Waals surface area contributed by atoms with Gasteiger partial charge in [0.2, 0.25) is 0 Å². The van der Waals surface area contributed by atoms with Crippen molar-refractivity contribution in [2.75, 3.05) is 13.7 Å². The van der Waals surface area contributed by atoms with E-state index in [9.17, 15) is 9.18 Å². The minimum absolute atomic E-state index is 0.106. The number of aryl methyl sites for hydroxylation is 1. The maximum atomic E-state index is 13.4. The van der Waals surface area contributed by atoms with Crippen molar-refractivity contribution in [1.82, 2.24) is 0 Å². The van der Waals surface area contributed by atoms with Gasteiger partial charge in [-0.3, -0.25) is 4.79 Å². The first-order valence-electron chi connectivity index (χ1n) is 4.73. The highest BCUT2D eigenvalue weighted by Crippen LogP contribution is 2.23. The van der Waals surface area contributed by atoms with Crippen molar-refractivity contribution in [2.24, 2.45) is 5.73 Å². The second-order valence-corrected chi connectivity index (χ2v) is 3.12. The molecule has 82 valence electrons. The van der Waals surface area contributed by atoms with Crippen LogP contribution in [0.3, 0.4) is 0 Å². The maximum Gasteiger partial charge on any atom is 0.180 e. The molecule has 0 saturated carbocycles. The van der Waals surface area contributed by atoms with Crippen molar-refractivity contribution in [3.8, 4) is 5.75 Å². The summed E-state index contributed by atoms with van der Waals surface area (Å²) >= 11 is 0. The van der Waals surface area contributed by atoms with Gasteiger partial charge in [0.1, 0.15) is 11.6 Å². The van der Waals surface area contributed by atoms with Gasteiger partial charge in [0, 0.05) is 6.07 Å². The number of benzene rings is 1. The molecule has 0 spiro atoms. The lowest BCUT2D eigenvalue weighted by atomic mass is 10.0. The Labute approximate surface area is 88.0 Å². The van der Waals surface area contributed by atoms with Crippen LogP contribution in [-0.4, -0.2) is 19.4 Å². The van der Waals surface area contributed by atoms with Crippen LogP contribution in [0.25, 0.3) is 0 Å². The zero-order chi connectivity index (χ0) is 11.4. The molecule has 1 aromatic rings. The molecule has 0 heterocycles. The Morgan fingerprint density at radius 3 is 2.67 bits per heavy atom. The first-order chi connectivity index (χ1) is 7.13. The predicted molar refractivity (Wildman–Crippen MR) is 55.7 cm³/mol. The van der Waals surface area contributed by atoms with E-state index < -0.39 is 0 Å². The van der Waals surface area contributed by atoms with Gasteiger partial charge in [0.25, 0.3) is 0 Å². The summed E-state index contributed by atoms with van der Waals surface area (Å²) in [4.78, 5) is 11.4. The van der Waals surface area contributed by atoms with E-state index in [2.05, 4.69) is 0 Å². The van der Waals surface area contributed by atoms with Crippen LogP contribution in [0.15, 0.2) is 12.1 Å². The Balaban J connectivity index is 3.28. The second kappa shape index (κ2) is 4.89. The van der Waals surface area contributed by atoms with Gasteiger partial charge in [-0.2, -0.15) is 0 Å². The van der Waals surface area contributed by atoms with E-state index >= 15 is 0 Å². The SMILES string of the molecule is CCc1cc(C(=O)CN)c(OC)cc1F. The van der Waals surface area contributed by atoms with Gasteiger partial charge >= 0.3 is 0 Å². The number of halogens is 1. The molecule has 0 amide bonds. The summed E-state index contributed by atoms with van der Waals surface area (Å²) in [6, 6.07) is 2.73. The van der Waals surface area contributed by atoms with E-state index in [1.807, 2.05) is 6.92 Å². The maximum absolute atomic E-state index is 13.4. The Morgan fingerprint density at radius 2 is 2.20 bits per heavy atom. The van der Waals surface area contributed by atoms with E-state index in [4.69, 9.17) is 10.5 Å². The van der Waals surface area contributed by atoms with E-state index in [1.165, 1.54) is 19.2 Å². The molecular formula is C11H14FNO2. The fraction of sp³-hybridized carbons (Fsp3) is 0.364. The van der Waals surface area contributed by atoms with Crippen molar-refractivity contribution in [2.45, 2.75) is 13.3 Å². The molecule has 0 aliphatic rings. The van der Waals surface area contributed by atoms with Crippen LogP contribution < -0.4 is 10.5 Å². The minimum Gasteiger partial charge on any atom is -0.496 e. The third-order valence-electron chi connectivity index (χ3n) is 2.24. The van der Waals surface area contributed by atoms with Gasteiger partial charge in [-0.1, -0.05) is 6.92 Å². The van der Waals surface area contributed by atoms with Crippen LogP contribution >= 0.6 is 0 Å². The van der Waals surface area contributed by atoms with Crippen LogP contribution in [0.5, 0.6) is 5.75 Å². The van der Waals surface area contributed by atoms with Gasteiger partial charge in [-0.25, -0.2) is 4.39 Å². The number of ketones is 1. The quantitative estimate of drug-likeness (QED) is 0.768. The molecule has 0 radical (unpaired) electrons. The lowest BCUT2D eigenvalue weighted by Gasteiger charge is -2.09. The van der Waals surface area contributed by atoms with Gasteiger partial charge in [0.05, 0.1) is 19.2 Å². The fourth-order valence-corrected chi connectivity index (χ4v) is 1.37. The number of carbonyl (C=O) groups excluding carboxylic acids is 1. The molecule has 4 heteroatoms. The standard InChI is InChI=1S/C11H14FNO2/c1-3-7-4-8(10(14)6-13)11(15-2)5-9(7)12/h4-5H,3,6,13H2,1-2H3. The Morgan fingerprint density at radius 1 is 1.53 bits per heavy atom. The Bertz CT molecular complexity index is 377. The first-order valence-corrected chi connectivity index (χ1v) is 4.73. The molecule has 0 aliphatic carbocycles. The molecule has 0 aromatic heterocycles. The molecule has 0 fully saturated rings.